The van der Waals surface area contributed by atoms with Crippen LogP contribution in [-0.2, 0) is 13.0 Å². The Morgan fingerprint density at radius 2 is 2.12 bits per heavy atom. The molecule has 0 saturated heterocycles. The van der Waals surface area contributed by atoms with Gasteiger partial charge in [-0.2, -0.15) is 4.98 Å². The van der Waals surface area contributed by atoms with E-state index in [9.17, 15) is 0 Å². The minimum atomic E-state index is 0.287. The molecule has 0 aliphatic rings. The monoisotopic (exact) mass is 241 g/mol. The Hall–Kier alpha value is -0.940. The topological polar surface area (TPSA) is 62.4 Å². The van der Waals surface area contributed by atoms with E-state index in [1.807, 2.05) is 0 Å². The zero-order chi connectivity index (χ0) is 12.5. The van der Waals surface area contributed by atoms with Crippen LogP contribution in [-0.4, -0.2) is 40.3 Å². The molecule has 0 aliphatic heterocycles. The lowest BCUT2D eigenvalue weighted by molar-refractivity contribution is 0.268. The normalized spacial score (nSPS) is 11.3. The van der Waals surface area contributed by atoms with Crippen LogP contribution in [0.25, 0.3) is 0 Å². The van der Waals surface area contributed by atoms with Gasteiger partial charge in [0.15, 0.2) is 5.82 Å². The van der Waals surface area contributed by atoms with Gasteiger partial charge in [-0.05, 0) is 39.3 Å². The number of aliphatic hydroxyl groups excluding tert-OH is 1. The fraction of sp³-hybridized carbons (Fsp3) is 0.833. The number of hydrogen-bond donors (Lipinski definition) is 1. The van der Waals surface area contributed by atoms with Crippen LogP contribution in [0.4, 0.5) is 0 Å². The van der Waals surface area contributed by atoms with Crippen LogP contribution in [0.3, 0.4) is 0 Å². The first-order valence-electron chi connectivity index (χ1n) is 6.37. The molecule has 5 heteroatoms. The standard InChI is InChI=1S/C12H23N3O2/c1-3-7-12-13-11(14-17-12)10-15(2)8-5-4-6-9-16/h16H,3-10H2,1-2H3. The van der Waals surface area contributed by atoms with Crippen LogP contribution < -0.4 is 0 Å². The number of unbranched alkanes of at least 4 members (excludes halogenated alkanes) is 2. The number of nitrogens with zero attached hydrogens (tertiary/aromatic N) is 3. The SMILES string of the molecule is CCCc1nc(CN(C)CCCCCO)no1. The van der Waals surface area contributed by atoms with Gasteiger partial charge in [0.2, 0.25) is 5.89 Å². The van der Waals surface area contributed by atoms with Crippen LogP contribution in [0.1, 0.15) is 44.3 Å². The molecule has 0 amide bonds. The molecule has 5 nitrogen and oxygen atoms in total. The summed E-state index contributed by atoms with van der Waals surface area (Å²) in [6.45, 7) is 4.11. The Morgan fingerprint density at radius 1 is 1.29 bits per heavy atom. The minimum absolute atomic E-state index is 0.287. The largest absolute Gasteiger partial charge is 0.396 e. The van der Waals surface area contributed by atoms with Crippen molar-refractivity contribution in [1.29, 1.82) is 0 Å². The molecule has 0 bridgehead atoms. The summed E-state index contributed by atoms with van der Waals surface area (Å²) in [5.41, 5.74) is 0. The molecule has 1 aromatic heterocycles. The zero-order valence-corrected chi connectivity index (χ0v) is 10.9. The maximum absolute atomic E-state index is 8.67. The summed E-state index contributed by atoms with van der Waals surface area (Å²) < 4.78 is 5.13. The van der Waals surface area contributed by atoms with Crippen molar-refractivity contribution < 1.29 is 9.63 Å². The highest BCUT2D eigenvalue weighted by Crippen LogP contribution is 2.04. The molecule has 0 spiro atoms. The number of aromatic nitrogens is 2. The third-order valence-electron chi connectivity index (χ3n) is 2.58. The van der Waals surface area contributed by atoms with Crippen LogP contribution in [0.5, 0.6) is 0 Å². The van der Waals surface area contributed by atoms with Crippen molar-refractivity contribution >= 4 is 0 Å². The molecule has 1 heterocycles. The molecule has 0 saturated carbocycles. The Labute approximate surface area is 103 Å². The van der Waals surface area contributed by atoms with Crippen LogP contribution in [0, 0.1) is 0 Å². The van der Waals surface area contributed by atoms with Gasteiger partial charge in [0.05, 0.1) is 6.54 Å². The quantitative estimate of drug-likeness (QED) is 0.666. The van der Waals surface area contributed by atoms with Gasteiger partial charge in [0.25, 0.3) is 0 Å². The number of hydrogen-bond acceptors (Lipinski definition) is 5. The Morgan fingerprint density at radius 3 is 2.82 bits per heavy atom. The van der Waals surface area contributed by atoms with E-state index in [0.29, 0.717) is 0 Å². The number of rotatable bonds is 9. The molecule has 1 aromatic rings. The third-order valence-corrected chi connectivity index (χ3v) is 2.58. The lowest BCUT2D eigenvalue weighted by Gasteiger charge is -2.13. The lowest BCUT2D eigenvalue weighted by atomic mass is 10.2. The summed E-state index contributed by atoms with van der Waals surface area (Å²) in [7, 11) is 2.05. The van der Waals surface area contributed by atoms with E-state index in [2.05, 4.69) is 29.0 Å². The smallest absolute Gasteiger partial charge is 0.226 e. The molecule has 0 aliphatic carbocycles. The van der Waals surface area contributed by atoms with Crippen molar-refractivity contribution in [2.45, 2.75) is 45.6 Å². The van der Waals surface area contributed by atoms with Crippen molar-refractivity contribution in [2.24, 2.45) is 0 Å². The van der Waals surface area contributed by atoms with Crippen LogP contribution in [0.2, 0.25) is 0 Å². The van der Waals surface area contributed by atoms with E-state index in [1.54, 1.807) is 0 Å². The molecule has 0 radical (unpaired) electrons. The molecule has 17 heavy (non-hydrogen) atoms. The maximum Gasteiger partial charge on any atom is 0.226 e. The van der Waals surface area contributed by atoms with Gasteiger partial charge in [0.1, 0.15) is 0 Å². The summed E-state index contributed by atoms with van der Waals surface area (Å²) in [6.07, 6.45) is 4.92. The van der Waals surface area contributed by atoms with E-state index in [-0.39, 0.29) is 6.61 Å². The maximum atomic E-state index is 8.67. The van der Waals surface area contributed by atoms with Gasteiger partial charge in [-0.25, -0.2) is 0 Å². The van der Waals surface area contributed by atoms with Gasteiger partial charge in [0, 0.05) is 13.0 Å². The summed E-state index contributed by atoms with van der Waals surface area (Å²) >= 11 is 0. The van der Waals surface area contributed by atoms with Crippen LogP contribution in [0.15, 0.2) is 4.52 Å². The van der Waals surface area contributed by atoms with E-state index < -0.39 is 0 Å². The molecule has 0 aromatic carbocycles. The summed E-state index contributed by atoms with van der Waals surface area (Å²) in [4.78, 5) is 6.50. The van der Waals surface area contributed by atoms with Crippen molar-refractivity contribution in [3.05, 3.63) is 11.7 Å². The minimum Gasteiger partial charge on any atom is -0.396 e. The molecular weight excluding hydrogens is 218 g/mol. The fourth-order valence-corrected chi connectivity index (χ4v) is 1.66. The van der Waals surface area contributed by atoms with Crippen molar-refractivity contribution in [2.75, 3.05) is 20.2 Å². The van der Waals surface area contributed by atoms with Gasteiger partial charge in [-0.3, -0.25) is 4.90 Å². The number of aryl methyl sites for hydroxylation is 1. The Kier molecular flexibility index (Phi) is 6.81. The van der Waals surface area contributed by atoms with E-state index in [0.717, 1.165) is 56.9 Å². The Balaban J connectivity index is 2.22. The summed E-state index contributed by atoms with van der Waals surface area (Å²) in [5, 5.41) is 12.6. The van der Waals surface area contributed by atoms with E-state index in [1.165, 1.54) is 0 Å². The predicted octanol–water partition coefficient (Wildman–Crippen LogP) is 1.62. The highest BCUT2D eigenvalue weighted by Gasteiger charge is 2.07. The van der Waals surface area contributed by atoms with E-state index in [4.69, 9.17) is 9.63 Å². The first-order chi connectivity index (χ1) is 8.26. The van der Waals surface area contributed by atoms with Gasteiger partial charge in [-0.15, -0.1) is 0 Å². The Bertz CT molecular complexity index is 302. The average Bonchev–Trinajstić information content (AvgIpc) is 2.73. The third kappa shape index (κ3) is 5.79. The summed E-state index contributed by atoms with van der Waals surface area (Å²) in [6, 6.07) is 0. The second kappa shape index (κ2) is 8.20. The second-order valence-corrected chi connectivity index (χ2v) is 4.38. The first-order valence-corrected chi connectivity index (χ1v) is 6.37. The van der Waals surface area contributed by atoms with Gasteiger partial charge in [-0.1, -0.05) is 12.1 Å². The number of aliphatic hydroxyl groups is 1. The molecule has 0 fully saturated rings. The second-order valence-electron chi connectivity index (χ2n) is 4.38. The molecular formula is C12H23N3O2. The fourth-order valence-electron chi connectivity index (χ4n) is 1.66. The van der Waals surface area contributed by atoms with Gasteiger partial charge < -0.3 is 9.63 Å². The molecule has 1 rings (SSSR count). The first kappa shape index (κ1) is 14.1. The molecule has 1 N–H and O–H groups in total. The van der Waals surface area contributed by atoms with Gasteiger partial charge >= 0.3 is 0 Å². The van der Waals surface area contributed by atoms with Crippen molar-refractivity contribution in [3.63, 3.8) is 0 Å². The lowest BCUT2D eigenvalue weighted by Crippen LogP contribution is -2.19. The van der Waals surface area contributed by atoms with Crippen LogP contribution >= 0.6 is 0 Å². The molecule has 0 atom stereocenters. The van der Waals surface area contributed by atoms with Crippen molar-refractivity contribution in [1.82, 2.24) is 15.0 Å². The predicted molar refractivity (Wildman–Crippen MR) is 65.6 cm³/mol. The highest BCUT2D eigenvalue weighted by atomic mass is 16.5. The molecule has 0 unspecified atom stereocenters. The molecule has 98 valence electrons. The highest BCUT2D eigenvalue weighted by molar-refractivity contribution is 4.86. The van der Waals surface area contributed by atoms with E-state index >= 15 is 0 Å². The summed E-state index contributed by atoms with van der Waals surface area (Å²) in [5.74, 6) is 1.49. The average molecular weight is 241 g/mol. The zero-order valence-electron chi connectivity index (χ0n) is 10.9. The van der Waals surface area contributed by atoms with Crippen molar-refractivity contribution in [3.8, 4) is 0 Å².